The summed E-state index contributed by atoms with van der Waals surface area (Å²) in [5.41, 5.74) is 0.674. The minimum Gasteiger partial charge on any atom is -0.463 e. The average Bonchev–Trinajstić information content (AvgIpc) is 2.93. The van der Waals surface area contributed by atoms with Crippen molar-refractivity contribution in [3.05, 3.63) is 52.1 Å². The predicted octanol–water partition coefficient (Wildman–Crippen LogP) is 1.22. The van der Waals surface area contributed by atoms with E-state index in [-0.39, 0.29) is 11.5 Å². The molecule has 104 valence electrons. The Bertz CT molecular complexity index is 638. The maximum atomic E-state index is 11.2. The molecule has 2 rings (SSSR count). The second kappa shape index (κ2) is 5.91. The zero-order chi connectivity index (χ0) is 14.5. The zero-order valence-corrected chi connectivity index (χ0v) is 10.7. The van der Waals surface area contributed by atoms with Crippen molar-refractivity contribution in [2.75, 3.05) is 7.11 Å². The van der Waals surface area contributed by atoms with E-state index in [9.17, 15) is 14.9 Å². The van der Waals surface area contributed by atoms with Crippen LogP contribution in [0.5, 0.6) is 0 Å². The molecule has 2 aromatic rings. The van der Waals surface area contributed by atoms with Crippen LogP contribution in [0.15, 0.2) is 30.6 Å². The van der Waals surface area contributed by atoms with E-state index in [2.05, 4.69) is 14.8 Å². The molecule has 8 heteroatoms. The summed E-state index contributed by atoms with van der Waals surface area (Å²) in [6.45, 7) is 0.384. The molecule has 0 saturated carbocycles. The molecule has 0 N–H and O–H groups in total. The summed E-state index contributed by atoms with van der Waals surface area (Å²) in [5.74, 6) is -0.649. The van der Waals surface area contributed by atoms with Crippen molar-refractivity contribution in [3.8, 4) is 0 Å². The number of carbonyl (C=O) groups is 1. The van der Waals surface area contributed by atoms with Gasteiger partial charge < -0.3 is 4.74 Å². The standard InChI is InChI=1S/C12H12N4O4/c1-20-12(17)11-13-8-15(14-11)7-6-9-4-2-3-5-10(9)16(18)19/h2-5,8H,6-7H2,1H3. The van der Waals surface area contributed by atoms with Gasteiger partial charge in [0.25, 0.3) is 11.5 Å². The lowest BCUT2D eigenvalue weighted by molar-refractivity contribution is -0.385. The number of nitro benzene ring substituents is 1. The van der Waals surface area contributed by atoms with Gasteiger partial charge in [0.05, 0.1) is 12.0 Å². The highest BCUT2D eigenvalue weighted by atomic mass is 16.6. The summed E-state index contributed by atoms with van der Waals surface area (Å²) in [6, 6.07) is 6.50. The van der Waals surface area contributed by atoms with Crippen LogP contribution in [0.25, 0.3) is 0 Å². The molecule has 0 bridgehead atoms. The lowest BCUT2D eigenvalue weighted by Crippen LogP contribution is -2.07. The monoisotopic (exact) mass is 276 g/mol. The fourth-order valence-electron chi connectivity index (χ4n) is 1.72. The number of aromatic nitrogens is 3. The molecule has 0 saturated heterocycles. The van der Waals surface area contributed by atoms with Gasteiger partial charge in [-0.2, -0.15) is 0 Å². The average molecular weight is 276 g/mol. The molecule has 0 aliphatic rings. The van der Waals surface area contributed by atoms with Gasteiger partial charge in [0.2, 0.25) is 0 Å². The van der Waals surface area contributed by atoms with Crippen LogP contribution < -0.4 is 0 Å². The number of aryl methyl sites for hydroxylation is 2. The summed E-state index contributed by atoms with van der Waals surface area (Å²) in [5, 5.41) is 14.8. The fraction of sp³-hybridized carbons (Fsp3) is 0.250. The van der Waals surface area contributed by atoms with Crippen molar-refractivity contribution < 1.29 is 14.5 Å². The van der Waals surface area contributed by atoms with Gasteiger partial charge in [0.1, 0.15) is 6.33 Å². The molecule has 1 aromatic carbocycles. The van der Waals surface area contributed by atoms with E-state index in [0.717, 1.165) is 0 Å². The lowest BCUT2D eigenvalue weighted by Gasteiger charge is -2.02. The number of methoxy groups -OCH3 is 1. The molecule has 0 aliphatic heterocycles. The normalized spacial score (nSPS) is 10.2. The minimum atomic E-state index is -0.616. The molecule has 0 spiro atoms. The first-order chi connectivity index (χ1) is 9.61. The number of para-hydroxylation sites is 1. The molecule has 8 nitrogen and oxygen atoms in total. The Balaban J connectivity index is 2.07. The third kappa shape index (κ3) is 2.97. The quantitative estimate of drug-likeness (QED) is 0.462. The number of nitro groups is 1. The van der Waals surface area contributed by atoms with Gasteiger partial charge in [-0.3, -0.25) is 14.8 Å². The number of hydrogen-bond donors (Lipinski definition) is 0. The van der Waals surface area contributed by atoms with Gasteiger partial charge in [0, 0.05) is 18.2 Å². The lowest BCUT2D eigenvalue weighted by atomic mass is 10.1. The molecule has 0 radical (unpaired) electrons. The van der Waals surface area contributed by atoms with Crippen molar-refractivity contribution >= 4 is 11.7 Å². The zero-order valence-electron chi connectivity index (χ0n) is 10.7. The first-order valence-corrected chi connectivity index (χ1v) is 5.82. The largest absolute Gasteiger partial charge is 0.463 e. The summed E-state index contributed by atoms with van der Waals surface area (Å²) >= 11 is 0. The van der Waals surface area contributed by atoms with Gasteiger partial charge in [-0.15, -0.1) is 5.10 Å². The Morgan fingerprint density at radius 3 is 2.90 bits per heavy atom. The maximum Gasteiger partial charge on any atom is 0.377 e. The van der Waals surface area contributed by atoms with Crippen molar-refractivity contribution in [2.24, 2.45) is 0 Å². The smallest absolute Gasteiger partial charge is 0.377 e. The SMILES string of the molecule is COC(=O)c1ncn(CCc2ccccc2[N+](=O)[O-])n1. The third-order valence-electron chi connectivity index (χ3n) is 2.70. The van der Waals surface area contributed by atoms with Gasteiger partial charge in [0.15, 0.2) is 0 Å². The fourth-order valence-corrected chi connectivity index (χ4v) is 1.72. The van der Waals surface area contributed by atoms with Gasteiger partial charge >= 0.3 is 5.97 Å². The molecule has 1 aromatic heterocycles. The van der Waals surface area contributed by atoms with E-state index < -0.39 is 10.9 Å². The van der Waals surface area contributed by atoms with Crippen LogP contribution in [0.4, 0.5) is 5.69 Å². The highest BCUT2D eigenvalue weighted by molar-refractivity contribution is 5.84. The highest BCUT2D eigenvalue weighted by Gasteiger charge is 2.14. The van der Waals surface area contributed by atoms with Crippen molar-refractivity contribution in [3.63, 3.8) is 0 Å². The van der Waals surface area contributed by atoms with Crippen LogP contribution in [0.3, 0.4) is 0 Å². The molecular formula is C12H12N4O4. The Morgan fingerprint density at radius 1 is 1.45 bits per heavy atom. The van der Waals surface area contributed by atoms with Gasteiger partial charge in [-0.25, -0.2) is 9.78 Å². The van der Waals surface area contributed by atoms with Crippen molar-refractivity contribution in [1.29, 1.82) is 0 Å². The number of carbonyl (C=O) groups excluding carboxylic acids is 1. The van der Waals surface area contributed by atoms with E-state index in [1.165, 1.54) is 24.2 Å². The van der Waals surface area contributed by atoms with E-state index in [1.54, 1.807) is 18.2 Å². The number of benzene rings is 1. The van der Waals surface area contributed by atoms with Gasteiger partial charge in [-0.1, -0.05) is 18.2 Å². The third-order valence-corrected chi connectivity index (χ3v) is 2.70. The van der Waals surface area contributed by atoms with Crippen LogP contribution in [-0.4, -0.2) is 32.8 Å². The number of ether oxygens (including phenoxy) is 1. The topological polar surface area (TPSA) is 100 Å². The van der Waals surface area contributed by atoms with E-state index >= 15 is 0 Å². The first-order valence-electron chi connectivity index (χ1n) is 5.82. The summed E-state index contributed by atoms with van der Waals surface area (Å²) < 4.78 is 5.94. The number of nitrogens with zero attached hydrogens (tertiary/aromatic N) is 4. The van der Waals surface area contributed by atoms with Crippen LogP contribution in [0, 0.1) is 10.1 Å². The first kappa shape index (κ1) is 13.7. The van der Waals surface area contributed by atoms with E-state index in [0.29, 0.717) is 18.5 Å². The van der Waals surface area contributed by atoms with Gasteiger partial charge in [-0.05, 0) is 6.42 Å². The molecule has 20 heavy (non-hydrogen) atoms. The molecule has 0 unspecified atom stereocenters. The van der Waals surface area contributed by atoms with Crippen LogP contribution in [0.2, 0.25) is 0 Å². The van der Waals surface area contributed by atoms with E-state index in [4.69, 9.17) is 0 Å². The minimum absolute atomic E-state index is 0.0324. The molecule has 0 aliphatic carbocycles. The second-order valence-corrected chi connectivity index (χ2v) is 3.96. The maximum absolute atomic E-state index is 11.2. The summed E-state index contributed by atoms with van der Waals surface area (Å²) in [4.78, 5) is 25.4. The molecule has 0 amide bonds. The number of esters is 1. The number of rotatable bonds is 5. The summed E-state index contributed by atoms with van der Waals surface area (Å²) in [7, 11) is 1.25. The summed E-state index contributed by atoms with van der Waals surface area (Å²) in [6.07, 6.45) is 1.81. The molecule has 1 heterocycles. The highest BCUT2D eigenvalue weighted by Crippen LogP contribution is 2.18. The molecule has 0 atom stereocenters. The van der Waals surface area contributed by atoms with Crippen LogP contribution in [-0.2, 0) is 17.7 Å². The number of hydrogen-bond acceptors (Lipinski definition) is 6. The Morgan fingerprint density at radius 2 is 2.20 bits per heavy atom. The molecule has 0 fully saturated rings. The van der Waals surface area contributed by atoms with Crippen molar-refractivity contribution in [1.82, 2.24) is 14.8 Å². The Kier molecular flexibility index (Phi) is 4.04. The van der Waals surface area contributed by atoms with Crippen LogP contribution in [0.1, 0.15) is 16.2 Å². The second-order valence-electron chi connectivity index (χ2n) is 3.96. The Labute approximate surface area is 114 Å². The van der Waals surface area contributed by atoms with E-state index in [1.807, 2.05) is 0 Å². The Hall–Kier alpha value is -2.77. The molecular weight excluding hydrogens is 264 g/mol. The van der Waals surface area contributed by atoms with Crippen LogP contribution >= 0.6 is 0 Å². The predicted molar refractivity (Wildman–Crippen MR) is 68.2 cm³/mol. The van der Waals surface area contributed by atoms with Crippen molar-refractivity contribution in [2.45, 2.75) is 13.0 Å².